The standard InChI is InChI=1S/C15H17N3O3/c19-15(9-10-2-5-13(6-3-10)18(20)21)17-16-14-8-11-1-4-12(14)7-11/h2-3,5-6,11-12H,1,4,7-9H2,(H,17,19)/b16-14-/t11-,12-/m0/s1. The molecule has 0 saturated heterocycles. The minimum atomic E-state index is -0.453. The Labute approximate surface area is 122 Å². The van der Waals surface area contributed by atoms with E-state index in [0.29, 0.717) is 5.92 Å². The number of fused-ring (bicyclic) bond motifs is 2. The van der Waals surface area contributed by atoms with Crippen LogP contribution in [0.1, 0.15) is 31.2 Å². The summed E-state index contributed by atoms with van der Waals surface area (Å²) in [5.74, 6) is 1.15. The zero-order valence-corrected chi connectivity index (χ0v) is 11.6. The molecule has 6 nitrogen and oxygen atoms in total. The zero-order chi connectivity index (χ0) is 14.8. The van der Waals surface area contributed by atoms with Crippen LogP contribution >= 0.6 is 0 Å². The van der Waals surface area contributed by atoms with Gasteiger partial charge in [-0.1, -0.05) is 12.1 Å². The van der Waals surface area contributed by atoms with Crippen molar-refractivity contribution in [3.05, 3.63) is 39.9 Å². The van der Waals surface area contributed by atoms with Gasteiger partial charge in [-0.25, -0.2) is 5.43 Å². The van der Waals surface area contributed by atoms with Gasteiger partial charge in [0.05, 0.1) is 11.3 Å². The second-order valence-corrected chi connectivity index (χ2v) is 5.82. The van der Waals surface area contributed by atoms with E-state index < -0.39 is 4.92 Å². The molecule has 3 rings (SSSR count). The average Bonchev–Trinajstić information content (AvgIpc) is 3.08. The molecule has 0 radical (unpaired) electrons. The lowest BCUT2D eigenvalue weighted by atomic mass is 9.99. The summed E-state index contributed by atoms with van der Waals surface area (Å²) in [6.45, 7) is 0. The first kappa shape index (κ1) is 13.7. The van der Waals surface area contributed by atoms with E-state index >= 15 is 0 Å². The minimum Gasteiger partial charge on any atom is -0.273 e. The maximum Gasteiger partial charge on any atom is 0.269 e. The predicted octanol–water partition coefficient (Wildman–Crippen LogP) is 2.43. The van der Waals surface area contributed by atoms with Crippen LogP contribution < -0.4 is 5.43 Å². The Kier molecular flexibility index (Phi) is 3.68. The maximum atomic E-state index is 11.8. The van der Waals surface area contributed by atoms with Crippen molar-refractivity contribution in [3.8, 4) is 0 Å². The Balaban J connectivity index is 1.54. The van der Waals surface area contributed by atoms with Gasteiger partial charge in [-0.15, -0.1) is 0 Å². The Hall–Kier alpha value is -2.24. The summed E-state index contributed by atoms with van der Waals surface area (Å²) in [4.78, 5) is 21.9. The van der Waals surface area contributed by atoms with Crippen LogP contribution in [0.25, 0.3) is 0 Å². The number of nitro benzene ring substituents is 1. The molecule has 0 unspecified atom stereocenters. The topological polar surface area (TPSA) is 84.6 Å². The lowest BCUT2D eigenvalue weighted by Crippen LogP contribution is -2.23. The second-order valence-electron chi connectivity index (χ2n) is 5.82. The van der Waals surface area contributed by atoms with E-state index in [1.165, 1.54) is 31.4 Å². The van der Waals surface area contributed by atoms with Crippen LogP contribution in [0.3, 0.4) is 0 Å². The number of nitrogens with one attached hydrogen (secondary N) is 1. The summed E-state index contributed by atoms with van der Waals surface area (Å²) in [6.07, 6.45) is 4.91. The Morgan fingerprint density at radius 2 is 2.10 bits per heavy atom. The largest absolute Gasteiger partial charge is 0.273 e. The van der Waals surface area contributed by atoms with Crippen molar-refractivity contribution in [2.75, 3.05) is 0 Å². The maximum absolute atomic E-state index is 11.8. The molecule has 2 saturated carbocycles. The van der Waals surface area contributed by atoms with Gasteiger partial charge in [0.2, 0.25) is 5.91 Å². The summed E-state index contributed by atoms with van der Waals surface area (Å²) < 4.78 is 0. The molecule has 6 heteroatoms. The van der Waals surface area contributed by atoms with Crippen molar-refractivity contribution in [2.45, 2.75) is 32.1 Å². The third-order valence-electron chi connectivity index (χ3n) is 4.35. The molecule has 2 aliphatic carbocycles. The number of carbonyl (C=O) groups is 1. The predicted molar refractivity (Wildman–Crippen MR) is 77.8 cm³/mol. The van der Waals surface area contributed by atoms with Crippen LogP contribution in [0.2, 0.25) is 0 Å². The first-order valence-electron chi connectivity index (χ1n) is 7.20. The van der Waals surface area contributed by atoms with E-state index in [-0.39, 0.29) is 18.0 Å². The molecule has 110 valence electrons. The van der Waals surface area contributed by atoms with Crippen molar-refractivity contribution in [2.24, 2.45) is 16.9 Å². The number of hydrazone groups is 1. The molecular weight excluding hydrogens is 270 g/mol. The summed E-state index contributed by atoms with van der Waals surface area (Å²) >= 11 is 0. The molecule has 1 N–H and O–H groups in total. The number of carbonyl (C=O) groups excluding carboxylic acids is 1. The van der Waals surface area contributed by atoms with E-state index in [0.717, 1.165) is 23.6 Å². The average molecular weight is 287 g/mol. The molecular formula is C15H17N3O3. The van der Waals surface area contributed by atoms with Gasteiger partial charge in [0.1, 0.15) is 0 Å². The highest BCUT2D eigenvalue weighted by molar-refractivity contribution is 5.91. The van der Waals surface area contributed by atoms with Gasteiger partial charge < -0.3 is 0 Å². The van der Waals surface area contributed by atoms with Gasteiger partial charge in [-0.05, 0) is 43.1 Å². The number of hydrogen-bond donors (Lipinski definition) is 1. The summed E-state index contributed by atoms with van der Waals surface area (Å²) in [5, 5.41) is 14.8. The Morgan fingerprint density at radius 1 is 1.33 bits per heavy atom. The van der Waals surface area contributed by atoms with Crippen molar-refractivity contribution in [3.63, 3.8) is 0 Å². The van der Waals surface area contributed by atoms with Crippen molar-refractivity contribution in [1.29, 1.82) is 0 Å². The normalized spacial score (nSPS) is 25.2. The van der Waals surface area contributed by atoms with Crippen LogP contribution in [-0.2, 0) is 11.2 Å². The molecule has 0 spiro atoms. The van der Waals surface area contributed by atoms with Crippen molar-refractivity contribution in [1.82, 2.24) is 5.43 Å². The van der Waals surface area contributed by atoms with Gasteiger partial charge >= 0.3 is 0 Å². The van der Waals surface area contributed by atoms with E-state index in [4.69, 9.17) is 0 Å². The number of nitro groups is 1. The van der Waals surface area contributed by atoms with Crippen LogP contribution in [0.15, 0.2) is 29.4 Å². The first-order chi connectivity index (χ1) is 10.1. The molecule has 1 amide bonds. The van der Waals surface area contributed by atoms with Gasteiger partial charge in [-0.3, -0.25) is 14.9 Å². The summed E-state index contributed by atoms with van der Waals surface area (Å²) in [7, 11) is 0. The second kappa shape index (κ2) is 5.63. The van der Waals surface area contributed by atoms with Gasteiger partial charge in [0, 0.05) is 17.8 Å². The van der Waals surface area contributed by atoms with Crippen molar-refractivity contribution >= 4 is 17.3 Å². The molecule has 2 fully saturated rings. The van der Waals surface area contributed by atoms with Crippen molar-refractivity contribution < 1.29 is 9.72 Å². The zero-order valence-electron chi connectivity index (χ0n) is 11.6. The first-order valence-corrected chi connectivity index (χ1v) is 7.20. The van der Waals surface area contributed by atoms with Crippen LogP contribution in [0.4, 0.5) is 5.69 Å². The molecule has 0 aromatic heterocycles. The molecule has 2 atom stereocenters. The fourth-order valence-electron chi connectivity index (χ4n) is 3.26. The molecule has 2 aliphatic rings. The summed E-state index contributed by atoms with van der Waals surface area (Å²) in [6, 6.07) is 6.01. The van der Waals surface area contributed by atoms with Gasteiger partial charge in [-0.2, -0.15) is 5.10 Å². The van der Waals surface area contributed by atoms with Crippen LogP contribution in [0, 0.1) is 22.0 Å². The Morgan fingerprint density at radius 3 is 2.67 bits per heavy atom. The number of amides is 1. The lowest BCUT2D eigenvalue weighted by Gasteiger charge is -2.11. The lowest BCUT2D eigenvalue weighted by molar-refractivity contribution is -0.384. The molecule has 0 aliphatic heterocycles. The highest BCUT2D eigenvalue weighted by Gasteiger charge is 2.36. The number of non-ortho nitro benzene ring substituents is 1. The fourth-order valence-corrected chi connectivity index (χ4v) is 3.26. The quantitative estimate of drug-likeness (QED) is 0.681. The highest BCUT2D eigenvalue weighted by Crippen LogP contribution is 2.42. The SMILES string of the molecule is O=C(Cc1ccc([N+](=O)[O-])cc1)N/N=C1/C[C@H]2CC[C@H]1C2. The van der Waals surface area contributed by atoms with E-state index in [1.54, 1.807) is 12.1 Å². The van der Waals surface area contributed by atoms with Gasteiger partial charge in [0.25, 0.3) is 5.69 Å². The molecule has 1 aromatic carbocycles. The van der Waals surface area contributed by atoms with Gasteiger partial charge in [0.15, 0.2) is 0 Å². The monoisotopic (exact) mass is 287 g/mol. The molecule has 0 heterocycles. The number of nitrogens with zero attached hydrogens (tertiary/aromatic N) is 2. The third kappa shape index (κ3) is 3.09. The van der Waals surface area contributed by atoms with Crippen LogP contribution in [-0.4, -0.2) is 16.5 Å². The smallest absolute Gasteiger partial charge is 0.269 e. The molecule has 21 heavy (non-hydrogen) atoms. The molecule has 1 aromatic rings. The van der Waals surface area contributed by atoms with E-state index in [1.807, 2.05) is 0 Å². The van der Waals surface area contributed by atoms with E-state index in [9.17, 15) is 14.9 Å². The summed E-state index contributed by atoms with van der Waals surface area (Å²) in [5.41, 5.74) is 4.51. The fraction of sp³-hybridized carbons (Fsp3) is 0.467. The van der Waals surface area contributed by atoms with E-state index in [2.05, 4.69) is 10.5 Å². The molecule has 2 bridgehead atoms. The minimum absolute atomic E-state index is 0.0291. The number of benzene rings is 1. The number of rotatable bonds is 4. The third-order valence-corrected chi connectivity index (χ3v) is 4.35. The highest BCUT2D eigenvalue weighted by atomic mass is 16.6. The number of hydrogen-bond acceptors (Lipinski definition) is 4. The Bertz CT molecular complexity index is 595. The van der Waals surface area contributed by atoms with Crippen LogP contribution in [0.5, 0.6) is 0 Å².